The smallest absolute Gasteiger partial charge is 0.122 e. The lowest BCUT2D eigenvalue weighted by atomic mass is 9.83. The van der Waals surface area contributed by atoms with Crippen molar-refractivity contribution in [3.63, 3.8) is 0 Å². The Morgan fingerprint density at radius 1 is 1.39 bits per heavy atom. The summed E-state index contributed by atoms with van der Waals surface area (Å²) in [7, 11) is 0. The van der Waals surface area contributed by atoms with E-state index in [1.807, 2.05) is 12.1 Å². The zero-order valence-corrected chi connectivity index (χ0v) is 11.7. The van der Waals surface area contributed by atoms with Gasteiger partial charge in [0.15, 0.2) is 0 Å². The fourth-order valence-corrected chi connectivity index (χ4v) is 2.56. The van der Waals surface area contributed by atoms with E-state index in [4.69, 9.17) is 18.0 Å². The minimum Gasteiger partial charge on any atom is -0.388 e. The van der Waals surface area contributed by atoms with Crippen LogP contribution in [0.4, 0.5) is 5.69 Å². The van der Waals surface area contributed by atoms with Crippen molar-refractivity contribution in [1.82, 2.24) is 4.98 Å². The van der Waals surface area contributed by atoms with Crippen molar-refractivity contribution < 1.29 is 0 Å². The van der Waals surface area contributed by atoms with Crippen molar-refractivity contribution in [2.45, 2.75) is 32.6 Å². The molecule has 0 spiro atoms. The SMILES string of the molecule is CC1CCC(CNc2ccc(C(N)=S)nc2)CC1. The number of hydrogen-bond acceptors (Lipinski definition) is 3. The van der Waals surface area contributed by atoms with Crippen molar-refractivity contribution in [2.75, 3.05) is 11.9 Å². The van der Waals surface area contributed by atoms with Crippen molar-refractivity contribution in [3.05, 3.63) is 24.0 Å². The zero-order chi connectivity index (χ0) is 13.0. The first-order valence-corrected chi connectivity index (χ1v) is 7.05. The van der Waals surface area contributed by atoms with Gasteiger partial charge in [-0.3, -0.25) is 4.98 Å². The lowest BCUT2D eigenvalue weighted by Gasteiger charge is -2.26. The topological polar surface area (TPSA) is 50.9 Å². The van der Waals surface area contributed by atoms with Gasteiger partial charge < -0.3 is 11.1 Å². The van der Waals surface area contributed by atoms with Crippen LogP contribution in [0.3, 0.4) is 0 Å². The molecule has 0 bridgehead atoms. The first kappa shape index (κ1) is 13.3. The molecule has 0 atom stereocenters. The molecule has 0 unspecified atom stereocenters. The number of aromatic nitrogens is 1. The molecule has 3 nitrogen and oxygen atoms in total. The number of nitrogens with zero attached hydrogens (tertiary/aromatic N) is 1. The summed E-state index contributed by atoms with van der Waals surface area (Å²) in [5, 5.41) is 3.45. The van der Waals surface area contributed by atoms with Gasteiger partial charge in [0.05, 0.1) is 17.6 Å². The Labute approximate surface area is 114 Å². The molecule has 98 valence electrons. The summed E-state index contributed by atoms with van der Waals surface area (Å²) < 4.78 is 0. The maximum atomic E-state index is 5.52. The minimum absolute atomic E-state index is 0.350. The Hall–Kier alpha value is -1.16. The maximum absolute atomic E-state index is 5.52. The molecular weight excluding hydrogens is 242 g/mol. The summed E-state index contributed by atoms with van der Waals surface area (Å²) in [5.74, 6) is 1.71. The quantitative estimate of drug-likeness (QED) is 0.820. The van der Waals surface area contributed by atoms with E-state index in [-0.39, 0.29) is 0 Å². The molecule has 0 saturated heterocycles. The Morgan fingerprint density at radius 2 is 2.11 bits per heavy atom. The number of pyridine rings is 1. The lowest BCUT2D eigenvalue weighted by molar-refractivity contribution is 0.300. The summed E-state index contributed by atoms with van der Waals surface area (Å²) in [6.45, 7) is 3.39. The molecule has 2 rings (SSSR count). The van der Waals surface area contributed by atoms with Crippen molar-refractivity contribution in [3.8, 4) is 0 Å². The fourth-order valence-electron chi connectivity index (χ4n) is 2.44. The van der Waals surface area contributed by atoms with Crippen LogP contribution in [0, 0.1) is 11.8 Å². The summed E-state index contributed by atoms with van der Waals surface area (Å²) >= 11 is 4.88. The Kier molecular flexibility index (Phi) is 4.53. The average molecular weight is 263 g/mol. The molecule has 4 heteroatoms. The van der Waals surface area contributed by atoms with Crippen LogP contribution < -0.4 is 11.1 Å². The first-order valence-electron chi connectivity index (χ1n) is 6.65. The van der Waals surface area contributed by atoms with Crippen molar-refractivity contribution in [1.29, 1.82) is 0 Å². The van der Waals surface area contributed by atoms with Crippen LogP contribution >= 0.6 is 12.2 Å². The van der Waals surface area contributed by atoms with Crippen LogP contribution in [0.1, 0.15) is 38.3 Å². The van der Waals surface area contributed by atoms with Crippen LogP contribution in [0.2, 0.25) is 0 Å². The van der Waals surface area contributed by atoms with Crippen LogP contribution in [-0.4, -0.2) is 16.5 Å². The van der Waals surface area contributed by atoms with Crippen LogP contribution in [0.5, 0.6) is 0 Å². The molecular formula is C14H21N3S. The van der Waals surface area contributed by atoms with Gasteiger partial charge in [0.2, 0.25) is 0 Å². The number of anilines is 1. The molecule has 3 N–H and O–H groups in total. The van der Waals surface area contributed by atoms with Gasteiger partial charge >= 0.3 is 0 Å². The van der Waals surface area contributed by atoms with Crippen molar-refractivity contribution >= 4 is 22.9 Å². The second-order valence-electron chi connectivity index (χ2n) is 5.30. The molecule has 0 radical (unpaired) electrons. The van der Waals surface area contributed by atoms with Gasteiger partial charge in [-0.1, -0.05) is 32.0 Å². The van der Waals surface area contributed by atoms with E-state index in [0.717, 1.165) is 24.1 Å². The Bertz CT molecular complexity index is 394. The predicted molar refractivity (Wildman–Crippen MR) is 79.7 cm³/mol. The molecule has 1 aliphatic rings. The number of nitrogens with two attached hydrogens (primary N) is 1. The van der Waals surface area contributed by atoms with Crippen LogP contribution in [-0.2, 0) is 0 Å². The molecule has 1 fully saturated rings. The third-order valence-corrected chi connectivity index (χ3v) is 3.96. The maximum Gasteiger partial charge on any atom is 0.122 e. The highest BCUT2D eigenvalue weighted by Gasteiger charge is 2.17. The van der Waals surface area contributed by atoms with Crippen LogP contribution in [0.15, 0.2) is 18.3 Å². The molecule has 0 amide bonds. The Morgan fingerprint density at radius 3 is 2.67 bits per heavy atom. The van der Waals surface area contributed by atoms with E-state index in [0.29, 0.717) is 10.7 Å². The molecule has 0 aliphatic heterocycles. The normalized spacial score (nSPS) is 23.6. The summed E-state index contributed by atoms with van der Waals surface area (Å²) in [5.41, 5.74) is 7.25. The van der Waals surface area contributed by atoms with E-state index in [1.165, 1.54) is 25.7 Å². The third-order valence-electron chi connectivity index (χ3n) is 3.75. The summed E-state index contributed by atoms with van der Waals surface area (Å²) in [6.07, 6.45) is 7.22. The van der Waals surface area contributed by atoms with Gasteiger partial charge in [0.1, 0.15) is 4.99 Å². The number of hydrogen-bond donors (Lipinski definition) is 2. The van der Waals surface area contributed by atoms with E-state index >= 15 is 0 Å². The largest absolute Gasteiger partial charge is 0.388 e. The molecule has 1 heterocycles. The van der Waals surface area contributed by atoms with Gasteiger partial charge in [0, 0.05) is 6.54 Å². The summed E-state index contributed by atoms with van der Waals surface area (Å²) in [4.78, 5) is 4.58. The first-order chi connectivity index (χ1) is 8.65. The van der Waals surface area contributed by atoms with Gasteiger partial charge in [0.25, 0.3) is 0 Å². The fraction of sp³-hybridized carbons (Fsp3) is 0.571. The highest BCUT2D eigenvalue weighted by atomic mass is 32.1. The molecule has 18 heavy (non-hydrogen) atoms. The molecule has 1 aromatic rings. The number of nitrogens with one attached hydrogen (secondary N) is 1. The molecule has 0 aromatic carbocycles. The van der Waals surface area contributed by atoms with E-state index in [1.54, 1.807) is 6.20 Å². The number of rotatable bonds is 4. The average Bonchev–Trinajstić information content (AvgIpc) is 2.38. The van der Waals surface area contributed by atoms with Gasteiger partial charge in [-0.2, -0.15) is 0 Å². The van der Waals surface area contributed by atoms with E-state index < -0.39 is 0 Å². The summed E-state index contributed by atoms with van der Waals surface area (Å²) in [6, 6.07) is 3.86. The molecule has 1 saturated carbocycles. The Balaban J connectivity index is 1.81. The monoisotopic (exact) mass is 263 g/mol. The van der Waals surface area contributed by atoms with Crippen molar-refractivity contribution in [2.24, 2.45) is 17.6 Å². The van der Waals surface area contributed by atoms with Gasteiger partial charge in [-0.05, 0) is 36.8 Å². The second-order valence-corrected chi connectivity index (χ2v) is 5.74. The van der Waals surface area contributed by atoms with Gasteiger partial charge in [-0.25, -0.2) is 0 Å². The van der Waals surface area contributed by atoms with E-state index in [2.05, 4.69) is 17.2 Å². The number of thiocarbonyl (C=S) groups is 1. The van der Waals surface area contributed by atoms with E-state index in [9.17, 15) is 0 Å². The lowest BCUT2D eigenvalue weighted by Crippen LogP contribution is -2.20. The predicted octanol–water partition coefficient (Wildman–Crippen LogP) is 2.95. The highest BCUT2D eigenvalue weighted by Crippen LogP contribution is 2.28. The van der Waals surface area contributed by atoms with Crippen LogP contribution in [0.25, 0.3) is 0 Å². The van der Waals surface area contributed by atoms with Gasteiger partial charge in [-0.15, -0.1) is 0 Å². The molecule has 1 aromatic heterocycles. The highest BCUT2D eigenvalue weighted by molar-refractivity contribution is 7.80. The molecule has 1 aliphatic carbocycles. The second kappa shape index (κ2) is 6.14. The standard InChI is InChI=1S/C14H21N3S/c1-10-2-4-11(5-3-10)8-16-12-6-7-13(14(15)18)17-9-12/h6-7,9-11,16H,2-5,8H2,1H3,(H2,15,18). The zero-order valence-electron chi connectivity index (χ0n) is 10.9. The third kappa shape index (κ3) is 3.67. The minimum atomic E-state index is 0.350.